The van der Waals surface area contributed by atoms with Gasteiger partial charge in [0.25, 0.3) is 0 Å². The molecule has 0 aromatic heterocycles. The third-order valence-corrected chi connectivity index (χ3v) is 5.59. The monoisotopic (exact) mass is 270 g/mol. The molecule has 2 aliphatic rings. The van der Waals surface area contributed by atoms with Crippen LogP contribution >= 0.6 is 11.8 Å². The summed E-state index contributed by atoms with van der Waals surface area (Å²) in [5.74, 6) is 0.813. The lowest BCUT2D eigenvalue weighted by Gasteiger charge is -2.42. The van der Waals surface area contributed by atoms with Crippen molar-refractivity contribution in [3.63, 3.8) is 0 Å². The van der Waals surface area contributed by atoms with E-state index in [-0.39, 0.29) is 0 Å². The number of hydrogen-bond acceptors (Lipinski definition) is 3. The third kappa shape index (κ3) is 4.14. The number of rotatable bonds is 4. The Labute approximate surface area is 117 Å². The van der Waals surface area contributed by atoms with Gasteiger partial charge in [-0.25, -0.2) is 0 Å². The van der Waals surface area contributed by atoms with Crippen molar-refractivity contribution < 1.29 is 0 Å². The van der Waals surface area contributed by atoms with Crippen LogP contribution in [0.15, 0.2) is 0 Å². The summed E-state index contributed by atoms with van der Waals surface area (Å²) in [6, 6.07) is 1.60. The van der Waals surface area contributed by atoms with E-state index in [1.165, 1.54) is 51.7 Å². The minimum absolute atomic E-state index is 0.730. The smallest absolute Gasteiger partial charge is 0.0198 e. The molecule has 18 heavy (non-hydrogen) atoms. The molecule has 106 valence electrons. The summed E-state index contributed by atoms with van der Waals surface area (Å²) in [4.78, 5) is 2.78. The van der Waals surface area contributed by atoms with Crippen molar-refractivity contribution in [1.29, 1.82) is 0 Å². The molecule has 1 aliphatic heterocycles. The Kier molecular flexibility index (Phi) is 5.84. The third-order valence-electron chi connectivity index (χ3n) is 4.49. The molecule has 1 saturated carbocycles. The SMILES string of the molecule is CSC1CCCC(N2CCNC(CC(C)C)C2)C1. The van der Waals surface area contributed by atoms with Gasteiger partial charge in [0.1, 0.15) is 0 Å². The van der Waals surface area contributed by atoms with Crippen LogP contribution in [0.5, 0.6) is 0 Å². The second-order valence-corrected chi connectivity index (χ2v) is 7.59. The van der Waals surface area contributed by atoms with Crippen LogP contribution in [0, 0.1) is 5.92 Å². The van der Waals surface area contributed by atoms with Gasteiger partial charge in [-0.2, -0.15) is 11.8 Å². The van der Waals surface area contributed by atoms with Gasteiger partial charge in [0, 0.05) is 37.0 Å². The van der Waals surface area contributed by atoms with Crippen LogP contribution in [0.1, 0.15) is 46.0 Å². The number of nitrogens with one attached hydrogen (secondary N) is 1. The van der Waals surface area contributed by atoms with Gasteiger partial charge in [-0.15, -0.1) is 0 Å². The summed E-state index contributed by atoms with van der Waals surface area (Å²) in [5, 5.41) is 4.62. The first-order chi connectivity index (χ1) is 8.69. The van der Waals surface area contributed by atoms with E-state index in [1.807, 2.05) is 0 Å². The highest BCUT2D eigenvalue weighted by molar-refractivity contribution is 7.99. The predicted octanol–water partition coefficient (Wildman–Crippen LogP) is 2.98. The average Bonchev–Trinajstić information content (AvgIpc) is 2.38. The first-order valence-corrected chi connectivity index (χ1v) is 8.98. The Morgan fingerprint density at radius 1 is 1.33 bits per heavy atom. The fraction of sp³-hybridized carbons (Fsp3) is 1.00. The number of piperazine rings is 1. The fourth-order valence-electron chi connectivity index (χ4n) is 3.58. The van der Waals surface area contributed by atoms with Gasteiger partial charge in [-0.05, 0) is 37.9 Å². The maximum absolute atomic E-state index is 3.70. The van der Waals surface area contributed by atoms with Crippen LogP contribution < -0.4 is 5.32 Å². The lowest BCUT2D eigenvalue weighted by molar-refractivity contribution is 0.111. The maximum Gasteiger partial charge on any atom is 0.0198 e. The molecule has 2 rings (SSSR count). The van der Waals surface area contributed by atoms with E-state index < -0.39 is 0 Å². The van der Waals surface area contributed by atoms with E-state index in [0.717, 1.165) is 23.3 Å². The molecule has 3 unspecified atom stereocenters. The molecule has 2 fully saturated rings. The Balaban J connectivity index is 1.84. The zero-order valence-corrected chi connectivity index (χ0v) is 13.1. The largest absolute Gasteiger partial charge is 0.311 e. The van der Waals surface area contributed by atoms with Crippen LogP contribution in [-0.2, 0) is 0 Å². The molecule has 0 aromatic carbocycles. The van der Waals surface area contributed by atoms with Crippen molar-refractivity contribution in [3.8, 4) is 0 Å². The predicted molar refractivity (Wildman–Crippen MR) is 82.4 cm³/mol. The molecule has 2 nitrogen and oxygen atoms in total. The summed E-state index contributed by atoms with van der Waals surface area (Å²) in [7, 11) is 0. The van der Waals surface area contributed by atoms with E-state index >= 15 is 0 Å². The van der Waals surface area contributed by atoms with Gasteiger partial charge >= 0.3 is 0 Å². The zero-order chi connectivity index (χ0) is 13.0. The molecular formula is C15H30N2S. The van der Waals surface area contributed by atoms with Gasteiger partial charge in [-0.1, -0.05) is 20.3 Å². The molecule has 1 heterocycles. The lowest BCUT2D eigenvalue weighted by atomic mass is 9.92. The maximum atomic E-state index is 3.70. The first-order valence-electron chi connectivity index (χ1n) is 7.69. The lowest BCUT2D eigenvalue weighted by Crippen LogP contribution is -2.55. The Morgan fingerprint density at radius 3 is 2.89 bits per heavy atom. The van der Waals surface area contributed by atoms with Crippen molar-refractivity contribution in [2.24, 2.45) is 5.92 Å². The molecule has 0 aromatic rings. The fourth-order valence-corrected chi connectivity index (χ4v) is 4.39. The summed E-state index contributed by atoms with van der Waals surface area (Å²) >= 11 is 2.08. The van der Waals surface area contributed by atoms with Crippen LogP contribution in [0.2, 0.25) is 0 Å². The van der Waals surface area contributed by atoms with Crippen LogP contribution in [0.3, 0.4) is 0 Å². The van der Waals surface area contributed by atoms with E-state index in [1.54, 1.807) is 0 Å². The number of nitrogens with zero attached hydrogens (tertiary/aromatic N) is 1. The average molecular weight is 270 g/mol. The molecule has 3 atom stereocenters. The zero-order valence-electron chi connectivity index (χ0n) is 12.3. The van der Waals surface area contributed by atoms with Crippen molar-refractivity contribution >= 4 is 11.8 Å². The summed E-state index contributed by atoms with van der Waals surface area (Å²) in [6.07, 6.45) is 9.36. The second kappa shape index (κ2) is 7.16. The van der Waals surface area contributed by atoms with Gasteiger partial charge in [-0.3, -0.25) is 4.90 Å². The second-order valence-electron chi connectivity index (χ2n) is 6.45. The van der Waals surface area contributed by atoms with Gasteiger partial charge in [0.15, 0.2) is 0 Å². The van der Waals surface area contributed by atoms with Crippen molar-refractivity contribution in [2.45, 2.75) is 63.3 Å². The van der Waals surface area contributed by atoms with Crippen molar-refractivity contribution in [3.05, 3.63) is 0 Å². The molecule has 0 amide bonds. The highest BCUT2D eigenvalue weighted by atomic mass is 32.2. The van der Waals surface area contributed by atoms with E-state index in [9.17, 15) is 0 Å². The number of hydrogen-bond donors (Lipinski definition) is 1. The highest BCUT2D eigenvalue weighted by Gasteiger charge is 2.29. The summed E-state index contributed by atoms with van der Waals surface area (Å²) in [6.45, 7) is 8.41. The first kappa shape index (κ1) is 14.7. The molecule has 0 radical (unpaired) electrons. The molecule has 1 saturated heterocycles. The Hall–Kier alpha value is 0.270. The molecule has 1 aliphatic carbocycles. The van der Waals surface area contributed by atoms with Crippen molar-refractivity contribution in [1.82, 2.24) is 10.2 Å². The summed E-state index contributed by atoms with van der Waals surface area (Å²) in [5.41, 5.74) is 0. The van der Waals surface area contributed by atoms with Gasteiger partial charge < -0.3 is 5.32 Å². The molecule has 3 heteroatoms. The minimum atomic E-state index is 0.730. The van der Waals surface area contributed by atoms with Crippen molar-refractivity contribution in [2.75, 3.05) is 25.9 Å². The van der Waals surface area contributed by atoms with E-state index in [0.29, 0.717) is 0 Å². The Morgan fingerprint density at radius 2 is 2.17 bits per heavy atom. The molecule has 0 bridgehead atoms. The van der Waals surface area contributed by atoms with Gasteiger partial charge in [0.2, 0.25) is 0 Å². The standard InChI is InChI=1S/C15H30N2S/c1-12(2)9-13-11-17(8-7-16-13)14-5-4-6-15(10-14)18-3/h12-16H,4-11H2,1-3H3. The number of thioether (sulfide) groups is 1. The van der Waals surface area contributed by atoms with Crippen LogP contribution in [0.25, 0.3) is 0 Å². The highest BCUT2D eigenvalue weighted by Crippen LogP contribution is 2.30. The van der Waals surface area contributed by atoms with E-state index in [2.05, 4.69) is 42.1 Å². The Bertz CT molecular complexity index is 245. The molecule has 0 spiro atoms. The topological polar surface area (TPSA) is 15.3 Å². The van der Waals surface area contributed by atoms with Gasteiger partial charge in [0.05, 0.1) is 0 Å². The minimum Gasteiger partial charge on any atom is -0.311 e. The van der Waals surface area contributed by atoms with E-state index in [4.69, 9.17) is 0 Å². The quantitative estimate of drug-likeness (QED) is 0.845. The normalized spacial score (nSPS) is 35.0. The van der Waals surface area contributed by atoms with Crippen LogP contribution in [0.4, 0.5) is 0 Å². The molecular weight excluding hydrogens is 240 g/mol. The molecule has 1 N–H and O–H groups in total. The van der Waals surface area contributed by atoms with Crippen LogP contribution in [-0.4, -0.2) is 48.1 Å². The summed E-state index contributed by atoms with van der Waals surface area (Å²) < 4.78 is 0.